The fourth-order valence-corrected chi connectivity index (χ4v) is 2.40. The molecule has 1 heterocycles. The van der Waals surface area contributed by atoms with Crippen molar-refractivity contribution in [1.29, 1.82) is 0 Å². The lowest BCUT2D eigenvalue weighted by molar-refractivity contribution is 0.128. The molecule has 0 aromatic carbocycles. The first-order valence-electron chi connectivity index (χ1n) is 6.67. The number of hydrogen-bond donors (Lipinski definition) is 2. The van der Waals surface area contributed by atoms with Gasteiger partial charge in [0.15, 0.2) is 0 Å². The molecule has 0 fully saturated rings. The van der Waals surface area contributed by atoms with E-state index in [2.05, 4.69) is 28.9 Å². The summed E-state index contributed by atoms with van der Waals surface area (Å²) in [6.45, 7) is 5.52. The number of hydrogen-bond acceptors (Lipinski definition) is 5. The van der Waals surface area contributed by atoms with E-state index in [1.165, 1.54) is 12.3 Å². The van der Waals surface area contributed by atoms with Crippen molar-refractivity contribution in [2.45, 2.75) is 25.2 Å². The minimum atomic E-state index is -3.51. The van der Waals surface area contributed by atoms with Gasteiger partial charge in [0.1, 0.15) is 10.7 Å². The zero-order chi connectivity index (χ0) is 15.0. The van der Waals surface area contributed by atoms with Crippen molar-refractivity contribution in [3.63, 3.8) is 0 Å². The normalized spacial score (nSPS) is 11.8. The largest absolute Gasteiger partial charge is 0.380 e. The average molecular weight is 301 g/mol. The van der Waals surface area contributed by atoms with Gasteiger partial charge in [-0.25, -0.2) is 18.1 Å². The second kappa shape index (κ2) is 8.18. The number of sulfonamides is 1. The molecule has 0 radical (unpaired) electrons. The number of nitrogens with zero attached hydrogens (tertiary/aromatic N) is 1. The van der Waals surface area contributed by atoms with E-state index >= 15 is 0 Å². The molecular weight excluding hydrogens is 278 g/mol. The highest BCUT2D eigenvalue weighted by Crippen LogP contribution is 2.09. The minimum absolute atomic E-state index is 0.152. The quantitative estimate of drug-likeness (QED) is 0.675. The van der Waals surface area contributed by atoms with Crippen molar-refractivity contribution < 1.29 is 13.2 Å². The SMILES string of the molecule is CNc1ccc(S(=O)(=O)NCCOCCC(C)C)cn1. The molecule has 114 valence electrons. The highest BCUT2D eigenvalue weighted by atomic mass is 32.2. The third-order valence-electron chi connectivity index (χ3n) is 2.68. The van der Waals surface area contributed by atoms with Gasteiger partial charge < -0.3 is 10.1 Å². The van der Waals surface area contributed by atoms with E-state index in [1.54, 1.807) is 13.1 Å². The van der Waals surface area contributed by atoms with E-state index in [4.69, 9.17) is 4.74 Å². The third-order valence-corrected chi connectivity index (χ3v) is 4.13. The molecule has 0 spiro atoms. The lowest BCUT2D eigenvalue weighted by Gasteiger charge is -2.08. The van der Waals surface area contributed by atoms with E-state index in [0.717, 1.165) is 6.42 Å². The summed E-state index contributed by atoms with van der Waals surface area (Å²) in [5, 5.41) is 2.83. The van der Waals surface area contributed by atoms with Crippen LogP contribution in [0.1, 0.15) is 20.3 Å². The van der Waals surface area contributed by atoms with Crippen LogP contribution >= 0.6 is 0 Å². The van der Waals surface area contributed by atoms with Crippen LogP contribution in [0.4, 0.5) is 5.82 Å². The highest BCUT2D eigenvalue weighted by molar-refractivity contribution is 7.89. The first-order valence-corrected chi connectivity index (χ1v) is 8.15. The molecule has 0 aliphatic carbocycles. The first kappa shape index (κ1) is 16.9. The minimum Gasteiger partial charge on any atom is -0.380 e. The van der Waals surface area contributed by atoms with Crippen LogP contribution in [0, 0.1) is 5.92 Å². The Bertz CT molecular complexity index is 486. The van der Waals surface area contributed by atoms with E-state index < -0.39 is 10.0 Å². The molecule has 0 atom stereocenters. The van der Waals surface area contributed by atoms with Crippen molar-refractivity contribution in [2.24, 2.45) is 5.92 Å². The number of rotatable bonds is 9. The van der Waals surface area contributed by atoms with Gasteiger partial charge in [-0.05, 0) is 24.5 Å². The summed E-state index contributed by atoms with van der Waals surface area (Å²) >= 11 is 0. The summed E-state index contributed by atoms with van der Waals surface area (Å²) in [5.74, 6) is 1.21. The van der Waals surface area contributed by atoms with Crippen LogP contribution in [0.5, 0.6) is 0 Å². The maximum atomic E-state index is 11.9. The van der Waals surface area contributed by atoms with Gasteiger partial charge in [0.25, 0.3) is 0 Å². The van der Waals surface area contributed by atoms with E-state index in [-0.39, 0.29) is 11.4 Å². The maximum absolute atomic E-state index is 11.9. The van der Waals surface area contributed by atoms with Gasteiger partial charge in [-0.1, -0.05) is 13.8 Å². The molecule has 1 rings (SSSR count). The zero-order valence-corrected chi connectivity index (χ0v) is 13.0. The first-order chi connectivity index (χ1) is 9.45. The van der Waals surface area contributed by atoms with Gasteiger partial charge in [0, 0.05) is 26.4 Å². The molecule has 2 N–H and O–H groups in total. The Kier molecular flexibility index (Phi) is 6.90. The summed E-state index contributed by atoms with van der Waals surface area (Å²) in [7, 11) is -1.78. The number of nitrogens with one attached hydrogen (secondary N) is 2. The fraction of sp³-hybridized carbons (Fsp3) is 0.615. The topological polar surface area (TPSA) is 80.3 Å². The van der Waals surface area contributed by atoms with Crippen LogP contribution in [-0.4, -0.2) is 40.2 Å². The Labute approximate surface area is 121 Å². The van der Waals surface area contributed by atoms with Gasteiger partial charge in [0.05, 0.1) is 6.61 Å². The average Bonchev–Trinajstić information content (AvgIpc) is 2.42. The molecule has 20 heavy (non-hydrogen) atoms. The molecule has 0 amide bonds. The lowest BCUT2D eigenvalue weighted by atomic mass is 10.1. The predicted molar refractivity (Wildman–Crippen MR) is 79.2 cm³/mol. The number of ether oxygens (including phenoxy) is 1. The Morgan fingerprint density at radius 2 is 2.05 bits per heavy atom. The van der Waals surface area contributed by atoms with Crippen LogP contribution in [0.25, 0.3) is 0 Å². The van der Waals surface area contributed by atoms with Gasteiger partial charge in [-0.15, -0.1) is 0 Å². The standard InChI is InChI=1S/C13H23N3O3S/c1-11(2)6-8-19-9-7-16-20(17,18)12-4-5-13(14-3)15-10-12/h4-5,10-11,16H,6-9H2,1-3H3,(H,14,15). The Balaban J connectivity index is 2.37. The van der Waals surface area contributed by atoms with Gasteiger partial charge >= 0.3 is 0 Å². The van der Waals surface area contributed by atoms with Crippen LogP contribution < -0.4 is 10.0 Å². The molecule has 7 heteroatoms. The number of aromatic nitrogens is 1. The summed E-state index contributed by atoms with van der Waals surface area (Å²) in [4.78, 5) is 4.13. The van der Waals surface area contributed by atoms with Crippen LogP contribution in [0.15, 0.2) is 23.2 Å². The second-order valence-corrected chi connectivity index (χ2v) is 6.59. The summed E-state index contributed by atoms with van der Waals surface area (Å²) in [5.41, 5.74) is 0. The summed E-state index contributed by atoms with van der Waals surface area (Å²) < 4.78 is 31.7. The van der Waals surface area contributed by atoms with E-state index in [0.29, 0.717) is 24.9 Å². The maximum Gasteiger partial charge on any atom is 0.242 e. The molecular formula is C13H23N3O3S. The molecule has 0 bridgehead atoms. The van der Waals surface area contributed by atoms with Crippen LogP contribution in [0.3, 0.4) is 0 Å². The van der Waals surface area contributed by atoms with Crippen molar-refractivity contribution in [3.8, 4) is 0 Å². The highest BCUT2D eigenvalue weighted by Gasteiger charge is 2.13. The molecule has 0 unspecified atom stereocenters. The Morgan fingerprint density at radius 1 is 1.30 bits per heavy atom. The van der Waals surface area contributed by atoms with Crippen LogP contribution in [-0.2, 0) is 14.8 Å². The van der Waals surface area contributed by atoms with Gasteiger partial charge in [0.2, 0.25) is 10.0 Å². The van der Waals surface area contributed by atoms with E-state index in [9.17, 15) is 8.42 Å². The molecule has 0 saturated carbocycles. The summed E-state index contributed by atoms with van der Waals surface area (Å²) in [6.07, 6.45) is 2.30. The van der Waals surface area contributed by atoms with Crippen molar-refractivity contribution in [1.82, 2.24) is 9.71 Å². The van der Waals surface area contributed by atoms with Crippen molar-refractivity contribution in [2.75, 3.05) is 32.1 Å². The van der Waals surface area contributed by atoms with Gasteiger partial charge in [-0.2, -0.15) is 0 Å². The molecule has 0 aliphatic rings. The zero-order valence-electron chi connectivity index (χ0n) is 12.2. The third kappa shape index (κ3) is 5.85. The molecule has 0 saturated heterocycles. The monoisotopic (exact) mass is 301 g/mol. The number of pyridine rings is 1. The lowest BCUT2D eigenvalue weighted by Crippen LogP contribution is -2.27. The second-order valence-electron chi connectivity index (χ2n) is 4.82. The molecule has 6 nitrogen and oxygen atoms in total. The smallest absolute Gasteiger partial charge is 0.242 e. The van der Waals surface area contributed by atoms with Crippen molar-refractivity contribution >= 4 is 15.8 Å². The van der Waals surface area contributed by atoms with Gasteiger partial charge in [-0.3, -0.25) is 0 Å². The molecule has 1 aromatic rings. The Hall–Kier alpha value is -1.18. The predicted octanol–water partition coefficient (Wildman–Crippen LogP) is 1.46. The van der Waals surface area contributed by atoms with E-state index in [1.807, 2.05) is 0 Å². The summed E-state index contributed by atoms with van der Waals surface area (Å²) in [6, 6.07) is 3.13. The molecule has 1 aromatic heterocycles. The molecule has 0 aliphatic heterocycles. The fourth-order valence-electron chi connectivity index (χ4n) is 1.44. The Morgan fingerprint density at radius 3 is 2.60 bits per heavy atom. The van der Waals surface area contributed by atoms with Crippen LogP contribution in [0.2, 0.25) is 0 Å². The van der Waals surface area contributed by atoms with Crippen molar-refractivity contribution in [3.05, 3.63) is 18.3 Å². The number of anilines is 1.